The summed E-state index contributed by atoms with van der Waals surface area (Å²) in [6.45, 7) is 13.3. The second-order valence-corrected chi connectivity index (χ2v) is 6.28. The zero-order valence-corrected chi connectivity index (χ0v) is 12.0. The minimum Gasteiger partial charge on any atom is -0.450 e. The van der Waals surface area contributed by atoms with E-state index in [1.165, 1.54) is 0 Å². The molecule has 1 unspecified atom stereocenters. The molecule has 0 aromatic carbocycles. The number of Topliss-reactive ketones (excluding diaryl/α,β-unsaturated/α-hetero) is 1. The van der Waals surface area contributed by atoms with Crippen molar-refractivity contribution in [2.24, 2.45) is 10.8 Å². The topological polar surface area (TPSA) is 55.4 Å². The Bertz CT molecular complexity index is 284. The van der Waals surface area contributed by atoms with E-state index in [9.17, 15) is 9.59 Å². The summed E-state index contributed by atoms with van der Waals surface area (Å²) < 4.78 is 4.83. The number of carbonyl (C=O) groups is 2. The molecule has 4 nitrogen and oxygen atoms in total. The molecular weight excluding hydrogens is 218 g/mol. The zero-order chi connectivity index (χ0) is 13.9. The maximum Gasteiger partial charge on any atom is 0.407 e. The largest absolute Gasteiger partial charge is 0.450 e. The Kier molecular flexibility index (Phi) is 5.17. The molecule has 17 heavy (non-hydrogen) atoms. The van der Waals surface area contributed by atoms with Crippen molar-refractivity contribution in [3.05, 3.63) is 0 Å². The number of ether oxygens (including phenoxy) is 1. The summed E-state index contributed by atoms with van der Waals surface area (Å²) in [4.78, 5) is 23.7. The van der Waals surface area contributed by atoms with Crippen LogP contribution in [-0.4, -0.2) is 24.5 Å². The number of ketones is 1. The summed E-state index contributed by atoms with van der Waals surface area (Å²) in [6.07, 6.45) is -0.537. The molecule has 100 valence electrons. The number of nitrogens with one attached hydrogen (secondary N) is 1. The molecule has 0 saturated carbocycles. The van der Waals surface area contributed by atoms with Crippen molar-refractivity contribution in [2.75, 3.05) is 6.61 Å². The Morgan fingerprint density at radius 3 is 1.88 bits per heavy atom. The van der Waals surface area contributed by atoms with Gasteiger partial charge in [-0.15, -0.1) is 0 Å². The van der Waals surface area contributed by atoms with Crippen LogP contribution in [0.4, 0.5) is 4.79 Å². The predicted octanol–water partition coefficient (Wildman–Crippen LogP) is 2.76. The molecule has 0 rings (SSSR count). The van der Waals surface area contributed by atoms with Gasteiger partial charge in [0.05, 0.1) is 12.6 Å². The lowest BCUT2D eigenvalue weighted by atomic mass is 9.76. The van der Waals surface area contributed by atoms with Crippen LogP contribution in [0.25, 0.3) is 0 Å². The highest BCUT2D eigenvalue weighted by atomic mass is 16.5. The summed E-state index contributed by atoms with van der Waals surface area (Å²) in [5.41, 5.74) is -0.825. The molecule has 0 bridgehead atoms. The first-order chi connectivity index (χ1) is 7.50. The van der Waals surface area contributed by atoms with Crippen molar-refractivity contribution in [2.45, 2.75) is 54.5 Å². The molecule has 0 aliphatic heterocycles. The van der Waals surface area contributed by atoms with Gasteiger partial charge in [-0.3, -0.25) is 4.79 Å². The van der Waals surface area contributed by atoms with E-state index in [1.807, 2.05) is 41.5 Å². The number of carbonyl (C=O) groups excluding carboxylic acids is 2. The van der Waals surface area contributed by atoms with E-state index >= 15 is 0 Å². The predicted molar refractivity (Wildman–Crippen MR) is 67.9 cm³/mol. The minimum absolute atomic E-state index is 0.0121. The third-order valence-corrected chi connectivity index (χ3v) is 2.41. The molecule has 0 aliphatic rings. The Balaban J connectivity index is 4.92. The van der Waals surface area contributed by atoms with Crippen LogP contribution in [-0.2, 0) is 9.53 Å². The second-order valence-electron chi connectivity index (χ2n) is 6.28. The molecule has 1 atom stereocenters. The summed E-state index contributed by atoms with van der Waals surface area (Å²) in [6, 6.07) is -0.540. The summed E-state index contributed by atoms with van der Waals surface area (Å²) >= 11 is 0. The molecule has 1 N–H and O–H groups in total. The quantitative estimate of drug-likeness (QED) is 0.829. The number of alkyl carbamates (subject to hydrolysis) is 1. The van der Waals surface area contributed by atoms with Crippen molar-refractivity contribution in [3.8, 4) is 0 Å². The Labute approximate surface area is 104 Å². The fourth-order valence-corrected chi connectivity index (χ4v) is 1.40. The lowest BCUT2D eigenvalue weighted by Gasteiger charge is -2.34. The van der Waals surface area contributed by atoms with Gasteiger partial charge in [0, 0.05) is 5.41 Å². The molecule has 0 spiro atoms. The van der Waals surface area contributed by atoms with E-state index in [0.717, 1.165) is 0 Å². The molecule has 0 heterocycles. The Hall–Kier alpha value is -1.06. The van der Waals surface area contributed by atoms with Gasteiger partial charge >= 0.3 is 6.09 Å². The van der Waals surface area contributed by atoms with Crippen LogP contribution in [0.2, 0.25) is 0 Å². The zero-order valence-electron chi connectivity index (χ0n) is 12.0. The molecule has 0 aliphatic carbocycles. The average Bonchev–Trinajstić information content (AvgIpc) is 2.10. The third kappa shape index (κ3) is 5.20. The fourth-order valence-electron chi connectivity index (χ4n) is 1.40. The first-order valence-corrected chi connectivity index (χ1v) is 5.97. The molecule has 0 aromatic heterocycles. The van der Waals surface area contributed by atoms with Crippen LogP contribution in [0, 0.1) is 10.8 Å². The van der Waals surface area contributed by atoms with Gasteiger partial charge in [0.15, 0.2) is 5.78 Å². The summed E-state index contributed by atoms with van der Waals surface area (Å²) in [7, 11) is 0. The highest BCUT2D eigenvalue weighted by molar-refractivity contribution is 5.91. The highest BCUT2D eigenvalue weighted by Crippen LogP contribution is 2.27. The Morgan fingerprint density at radius 2 is 1.59 bits per heavy atom. The molecule has 0 fully saturated rings. The molecule has 0 radical (unpaired) electrons. The van der Waals surface area contributed by atoms with Crippen LogP contribution >= 0.6 is 0 Å². The van der Waals surface area contributed by atoms with E-state index < -0.39 is 17.6 Å². The Morgan fingerprint density at radius 1 is 1.12 bits per heavy atom. The van der Waals surface area contributed by atoms with Gasteiger partial charge in [-0.2, -0.15) is 0 Å². The van der Waals surface area contributed by atoms with E-state index in [-0.39, 0.29) is 11.2 Å². The number of rotatable bonds is 3. The van der Waals surface area contributed by atoms with Crippen LogP contribution in [0.15, 0.2) is 0 Å². The van der Waals surface area contributed by atoms with Crippen molar-refractivity contribution < 1.29 is 14.3 Å². The van der Waals surface area contributed by atoms with Gasteiger partial charge in [-0.25, -0.2) is 4.79 Å². The standard InChI is InChI=1S/C13H25NO3/c1-8-17-11(16)14-9(12(2,3)4)10(15)13(5,6)7/h9H,8H2,1-7H3,(H,14,16). The van der Waals surface area contributed by atoms with Crippen molar-refractivity contribution >= 4 is 11.9 Å². The van der Waals surface area contributed by atoms with Crippen LogP contribution < -0.4 is 5.32 Å². The molecule has 4 heteroatoms. The monoisotopic (exact) mass is 243 g/mol. The fraction of sp³-hybridized carbons (Fsp3) is 0.846. The van der Waals surface area contributed by atoms with Gasteiger partial charge < -0.3 is 10.1 Å². The molecular formula is C13H25NO3. The minimum atomic E-state index is -0.540. The van der Waals surface area contributed by atoms with Crippen molar-refractivity contribution in [1.82, 2.24) is 5.32 Å². The van der Waals surface area contributed by atoms with Crippen molar-refractivity contribution in [1.29, 1.82) is 0 Å². The van der Waals surface area contributed by atoms with E-state index in [2.05, 4.69) is 5.32 Å². The SMILES string of the molecule is CCOC(=O)NC(C(=O)C(C)(C)C)C(C)(C)C. The van der Waals surface area contributed by atoms with Gasteiger partial charge in [-0.05, 0) is 12.3 Å². The van der Waals surface area contributed by atoms with E-state index in [4.69, 9.17) is 4.74 Å². The normalized spacial score (nSPS) is 14.1. The number of hydrogen-bond acceptors (Lipinski definition) is 3. The van der Waals surface area contributed by atoms with E-state index in [1.54, 1.807) is 6.92 Å². The lowest BCUT2D eigenvalue weighted by Crippen LogP contribution is -2.52. The summed E-state index contributed by atoms with van der Waals surface area (Å²) in [5.74, 6) is 0.0121. The molecule has 0 saturated heterocycles. The first-order valence-electron chi connectivity index (χ1n) is 5.97. The van der Waals surface area contributed by atoms with Gasteiger partial charge in [0.25, 0.3) is 0 Å². The van der Waals surface area contributed by atoms with Gasteiger partial charge in [0.2, 0.25) is 0 Å². The first kappa shape index (κ1) is 15.9. The number of amides is 1. The van der Waals surface area contributed by atoms with Gasteiger partial charge in [0.1, 0.15) is 0 Å². The number of hydrogen-bond donors (Lipinski definition) is 1. The maximum absolute atomic E-state index is 12.3. The highest BCUT2D eigenvalue weighted by Gasteiger charge is 2.38. The van der Waals surface area contributed by atoms with Crippen LogP contribution in [0.1, 0.15) is 48.5 Å². The van der Waals surface area contributed by atoms with E-state index in [0.29, 0.717) is 6.61 Å². The van der Waals surface area contributed by atoms with Gasteiger partial charge in [-0.1, -0.05) is 41.5 Å². The van der Waals surface area contributed by atoms with Crippen LogP contribution in [0.3, 0.4) is 0 Å². The third-order valence-electron chi connectivity index (χ3n) is 2.41. The average molecular weight is 243 g/mol. The smallest absolute Gasteiger partial charge is 0.407 e. The summed E-state index contributed by atoms with van der Waals surface area (Å²) in [5, 5.41) is 2.65. The van der Waals surface area contributed by atoms with Crippen LogP contribution in [0.5, 0.6) is 0 Å². The lowest BCUT2D eigenvalue weighted by molar-refractivity contribution is -0.130. The maximum atomic E-state index is 12.3. The molecule has 1 amide bonds. The van der Waals surface area contributed by atoms with Crippen molar-refractivity contribution in [3.63, 3.8) is 0 Å². The molecule has 0 aromatic rings. The second kappa shape index (κ2) is 5.52.